The van der Waals surface area contributed by atoms with Gasteiger partial charge in [0.05, 0.1) is 11.1 Å². The number of aryl methyl sites for hydroxylation is 1. The van der Waals surface area contributed by atoms with Crippen molar-refractivity contribution >= 4 is 16.9 Å². The first-order valence-electron chi connectivity index (χ1n) is 5.84. The molecule has 3 aromatic rings. The van der Waals surface area contributed by atoms with Gasteiger partial charge in [0.2, 0.25) is 0 Å². The van der Waals surface area contributed by atoms with Crippen LogP contribution in [0.15, 0.2) is 30.3 Å². The molecule has 0 saturated heterocycles. The fourth-order valence-electron chi connectivity index (χ4n) is 2.23. The van der Waals surface area contributed by atoms with Crippen LogP contribution in [-0.4, -0.2) is 15.2 Å². The minimum absolute atomic E-state index is 0.581. The molecule has 0 aliphatic heterocycles. The predicted octanol–water partition coefficient (Wildman–Crippen LogP) is 2.82. The first kappa shape index (κ1) is 10.8. The largest absolute Gasteiger partial charge is 0.384 e. The maximum Gasteiger partial charge on any atom is 0.183 e. The van der Waals surface area contributed by atoms with E-state index in [1.165, 1.54) is 0 Å². The quantitative estimate of drug-likeness (QED) is 0.685. The van der Waals surface area contributed by atoms with Crippen LogP contribution in [0, 0.1) is 13.8 Å². The van der Waals surface area contributed by atoms with Crippen molar-refractivity contribution in [3.05, 3.63) is 41.5 Å². The lowest BCUT2D eigenvalue weighted by atomic mass is 10.0. The van der Waals surface area contributed by atoms with Gasteiger partial charge in [0.25, 0.3) is 0 Å². The second-order valence-electron chi connectivity index (χ2n) is 4.41. The van der Waals surface area contributed by atoms with Crippen molar-refractivity contribution in [3.63, 3.8) is 0 Å². The summed E-state index contributed by atoms with van der Waals surface area (Å²) >= 11 is 0. The number of benzene rings is 1. The number of nitrogen functional groups attached to an aromatic ring is 1. The van der Waals surface area contributed by atoms with Crippen LogP contribution in [0.3, 0.4) is 0 Å². The monoisotopic (exact) mass is 238 g/mol. The lowest BCUT2D eigenvalue weighted by Gasteiger charge is -2.09. The highest BCUT2D eigenvalue weighted by Gasteiger charge is 2.14. The molecule has 0 aliphatic rings. The molecule has 3 rings (SSSR count). The van der Waals surface area contributed by atoms with Crippen molar-refractivity contribution < 1.29 is 0 Å². The van der Waals surface area contributed by atoms with Crippen LogP contribution in [0.2, 0.25) is 0 Å². The lowest BCUT2D eigenvalue weighted by Crippen LogP contribution is -1.95. The molecule has 0 unspecified atom stereocenters. The number of pyridine rings is 1. The Labute approximate surface area is 105 Å². The summed E-state index contributed by atoms with van der Waals surface area (Å²) in [4.78, 5) is 4.60. The fraction of sp³-hybridized carbons (Fsp3) is 0.143. The Morgan fingerprint density at radius 2 is 1.78 bits per heavy atom. The Kier molecular flexibility index (Phi) is 2.30. The number of aromatic amines is 1. The molecule has 2 heterocycles. The van der Waals surface area contributed by atoms with Gasteiger partial charge >= 0.3 is 0 Å². The lowest BCUT2D eigenvalue weighted by molar-refractivity contribution is 1.10. The molecule has 0 aliphatic carbocycles. The number of fused-ring (bicyclic) bond motifs is 1. The number of hydrogen-bond acceptors (Lipinski definition) is 3. The molecule has 0 fully saturated rings. The molecule has 18 heavy (non-hydrogen) atoms. The van der Waals surface area contributed by atoms with E-state index in [9.17, 15) is 0 Å². The van der Waals surface area contributed by atoms with Crippen LogP contribution in [-0.2, 0) is 0 Å². The maximum atomic E-state index is 5.88. The van der Waals surface area contributed by atoms with E-state index in [1.807, 2.05) is 18.2 Å². The number of nitrogens with zero attached hydrogens (tertiary/aromatic N) is 2. The Balaban J connectivity index is 2.35. The minimum Gasteiger partial charge on any atom is -0.384 e. The number of nitrogens with one attached hydrogen (secondary N) is 1. The van der Waals surface area contributed by atoms with Crippen LogP contribution >= 0.6 is 0 Å². The molecule has 3 N–H and O–H groups in total. The summed E-state index contributed by atoms with van der Waals surface area (Å²) < 4.78 is 0. The van der Waals surface area contributed by atoms with Gasteiger partial charge < -0.3 is 5.73 Å². The molecule has 1 aromatic carbocycles. The van der Waals surface area contributed by atoms with Crippen molar-refractivity contribution in [1.82, 2.24) is 15.2 Å². The summed E-state index contributed by atoms with van der Waals surface area (Å²) in [5, 5.41) is 7.86. The predicted molar refractivity (Wildman–Crippen MR) is 73.2 cm³/mol. The van der Waals surface area contributed by atoms with Crippen LogP contribution in [0.4, 0.5) is 5.82 Å². The third kappa shape index (κ3) is 1.46. The molecule has 0 spiro atoms. The number of nitrogens with two attached hydrogens (primary N) is 1. The van der Waals surface area contributed by atoms with Crippen LogP contribution in [0.25, 0.3) is 22.3 Å². The van der Waals surface area contributed by atoms with E-state index >= 15 is 0 Å². The smallest absolute Gasteiger partial charge is 0.183 e. The molecule has 0 bridgehead atoms. The summed E-state index contributed by atoms with van der Waals surface area (Å²) in [7, 11) is 0. The zero-order valence-corrected chi connectivity index (χ0v) is 10.4. The molecule has 0 radical (unpaired) electrons. The standard InChI is InChI=1S/C14H14N4/c1-8-9(2)12(10-6-4-3-5-7-10)16-14-11(8)13(15)17-18-14/h3-7H,1-2H3,(H3,15,16,17,18). The van der Waals surface area contributed by atoms with Gasteiger partial charge in [-0.15, -0.1) is 0 Å². The third-order valence-corrected chi connectivity index (χ3v) is 3.33. The minimum atomic E-state index is 0.581. The van der Waals surface area contributed by atoms with Crippen LogP contribution < -0.4 is 5.73 Å². The Hall–Kier alpha value is -2.36. The molecule has 0 saturated carbocycles. The van der Waals surface area contributed by atoms with Crippen molar-refractivity contribution in [2.24, 2.45) is 0 Å². The van der Waals surface area contributed by atoms with Crippen LogP contribution in [0.1, 0.15) is 11.1 Å². The van der Waals surface area contributed by atoms with Gasteiger partial charge in [0, 0.05) is 5.56 Å². The second kappa shape index (κ2) is 3.84. The van der Waals surface area contributed by atoms with Crippen molar-refractivity contribution in [3.8, 4) is 11.3 Å². The Morgan fingerprint density at radius 3 is 2.50 bits per heavy atom. The highest BCUT2D eigenvalue weighted by Crippen LogP contribution is 2.30. The van der Waals surface area contributed by atoms with Gasteiger partial charge in [0.1, 0.15) is 5.82 Å². The van der Waals surface area contributed by atoms with Gasteiger partial charge in [-0.25, -0.2) is 4.98 Å². The number of H-pyrrole nitrogens is 1. The summed E-state index contributed by atoms with van der Waals surface area (Å²) in [5.41, 5.74) is 10.9. The Morgan fingerprint density at radius 1 is 1.06 bits per heavy atom. The van der Waals surface area contributed by atoms with Gasteiger partial charge in [-0.2, -0.15) is 5.10 Å². The molecule has 4 nitrogen and oxygen atoms in total. The molecular weight excluding hydrogens is 224 g/mol. The summed E-state index contributed by atoms with van der Waals surface area (Å²) in [5.74, 6) is 0.581. The van der Waals surface area contributed by atoms with E-state index in [-0.39, 0.29) is 0 Å². The first-order valence-corrected chi connectivity index (χ1v) is 5.84. The van der Waals surface area contributed by atoms with Crippen molar-refractivity contribution in [1.29, 1.82) is 0 Å². The van der Waals surface area contributed by atoms with E-state index in [1.54, 1.807) is 0 Å². The Bertz CT molecular complexity index is 713. The van der Waals surface area contributed by atoms with Crippen molar-refractivity contribution in [2.45, 2.75) is 13.8 Å². The highest BCUT2D eigenvalue weighted by atomic mass is 15.2. The number of rotatable bonds is 1. The van der Waals surface area contributed by atoms with E-state index in [0.717, 1.165) is 27.8 Å². The molecule has 2 aromatic heterocycles. The second-order valence-corrected chi connectivity index (χ2v) is 4.41. The molecule has 0 amide bonds. The summed E-state index contributed by atoms with van der Waals surface area (Å²) in [6.45, 7) is 4.12. The zero-order valence-electron chi connectivity index (χ0n) is 10.4. The van der Waals surface area contributed by atoms with E-state index in [2.05, 4.69) is 41.2 Å². The third-order valence-electron chi connectivity index (χ3n) is 3.33. The van der Waals surface area contributed by atoms with E-state index < -0.39 is 0 Å². The molecule has 0 atom stereocenters. The summed E-state index contributed by atoms with van der Waals surface area (Å²) in [6, 6.07) is 10.1. The van der Waals surface area contributed by atoms with Crippen molar-refractivity contribution in [2.75, 3.05) is 5.73 Å². The average Bonchev–Trinajstić information content (AvgIpc) is 2.76. The zero-order chi connectivity index (χ0) is 12.7. The fourth-order valence-corrected chi connectivity index (χ4v) is 2.23. The average molecular weight is 238 g/mol. The highest BCUT2D eigenvalue weighted by molar-refractivity contribution is 5.92. The number of anilines is 1. The topological polar surface area (TPSA) is 67.6 Å². The first-order chi connectivity index (χ1) is 8.68. The number of hydrogen-bond donors (Lipinski definition) is 2. The maximum absolute atomic E-state index is 5.88. The van der Waals surface area contributed by atoms with Gasteiger partial charge in [0.15, 0.2) is 5.65 Å². The SMILES string of the molecule is Cc1c(-c2ccccc2)nc2n[nH]c(N)c2c1C. The van der Waals surface area contributed by atoms with Gasteiger partial charge in [-0.05, 0) is 25.0 Å². The summed E-state index contributed by atoms with van der Waals surface area (Å²) in [6.07, 6.45) is 0. The molecular formula is C14H14N4. The van der Waals surface area contributed by atoms with Gasteiger partial charge in [-0.1, -0.05) is 30.3 Å². The molecule has 90 valence electrons. The van der Waals surface area contributed by atoms with E-state index in [4.69, 9.17) is 5.73 Å². The number of aromatic nitrogens is 3. The molecule has 4 heteroatoms. The van der Waals surface area contributed by atoms with Gasteiger partial charge in [-0.3, -0.25) is 5.10 Å². The van der Waals surface area contributed by atoms with E-state index in [0.29, 0.717) is 11.5 Å². The van der Waals surface area contributed by atoms with Crippen LogP contribution in [0.5, 0.6) is 0 Å². The normalized spacial score (nSPS) is 11.0.